The van der Waals surface area contributed by atoms with Crippen molar-refractivity contribution in [2.24, 2.45) is 0 Å². The zero-order valence-corrected chi connectivity index (χ0v) is 46.6. The SMILES string of the molecule is CC1CN1P(=O)(N1CC1C)N1CC1C.CC1CN1P(=O)(N1CC1C)N1CC1C.CC1CN1P(=O)(N1CC1C)N1CC1C.CC1CN1P(=O)(N1CC1C)N1CC1C.[Cu+2].[O-][Cl+3]([O-])([O-])[O-].[O-][Cl+3]([O-])([O-])[O-]. The summed E-state index contributed by atoms with van der Waals surface area (Å²) in [5.74, 6) is 0. The monoisotopic (exact) mass is 1120 g/mol. The van der Waals surface area contributed by atoms with Gasteiger partial charge in [-0.25, -0.2) is 93.3 Å². The average Bonchev–Trinajstić information content (AvgIpc) is 3.95. The Bertz CT molecular complexity index is 1550. The van der Waals surface area contributed by atoms with Crippen molar-refractivity contribution in [2.45, 2.75) is 156 Å². The van der Waals surface area contributed by atoms with Crippen LogP contribution in [0.5, 0.6) is 0 Å². The predicted molar refractivity (Wildman–Crippen MR) is 224 cm³/mol. The largest absolute Gasteiger partial charge is 2.00 e. The molecule has 12 heterocycles. The van der Waals surface area contributed by atoms with E-state index in [0.717, 1.165) is 78.5 Å². The number of hydrogen-bond donors (Lipinski definition) is 0. The third-order valence-electron chi connectivity index (χ3n) is 13.9. The molecule has 12 rings (SSSR count). The van der Waals surface area contributed by atoms with Gasteiger partial charge in [-0.3, -0.25) is 18.3 Å². The van der Waals surface area contributed by atoms with Crippen molar-refractivity contribution < 1.29 is 93.1 Å². The summed E-state index contributed by atoms with van der Waals surface area (Å²) >= 11 is 0. The molecule has 0 aliphatic carbocycles. The molecule has 31 heteroatoms. The average molecular weight is 1120 g/mol. The predicted octanol–water partition coefficient (Wildman–Crippen LogP) is -4.69. The first-order valence-corrected chi connectivity index (χ1v) is 31.8. The summed E-state index contributed by atoms with van der Waals surface area (Å²) in [5.41, 5.74) is 0. The molecule has 12 saturated heterocycles. The number of nitrogens with zero attached hydrogens (tertiary/aromatic N) is 12. The van der Waals surface area contributed by atoms with E-state index >= 15 is 0 Å². The minimum Gasteiger partial charge on any atom is -0.270 e. The quantitative estimate of drug-likeness (QED) is 0.101. The Morgan fingerprint density at radius 2 is 0.299 bits per heavy atom. The fraction of sp³-hybridized carbons (Fsp3) is 1.00. The molecule has 0 N–H and O–H groups in total. The summed E-state index contributed by atoms with van der Waals surface area (Å²) in [4.78, 5) is 0. The van der Waals surface area contributed by atoms with Crippen molar-refractivity contribution in [3.63, 3.8) is 0 Å². The van der Waals surface area contributed by atoms with E-state index in [0.29, 0.717) is 72.5 Å². The summed E-state index contributed by atoms with van der Waals surface area (Å²) in [6.45, 7) is 38.2. The van der Waals surface area contributed by atoms with Crippen LogP contribution in [0, 0.1) is 20.5 Å². The van der Waals surface area contributed by atoms with E-state index in [-0.39, 0.29) is 17.1 Å². The Balaban J connectivity index is 0.000000137. The molecule has 0 amide bonds. The zero-order chi connectivity index (χ0) is 49.3. The molecule has 24 nitrogen and oxygen atoms in total. The van der Waals surface area contributed by atoms with E-state index in [1.807, 2.05) is 0 Å². The summed E-state index contributed by atoms with van der Waals surface area (Å²) in [6, 6.07) is 6.35. The Hall–Kier alpha value is 1.22. The topological polar surface area (TPSA) is 289 Å². The van der Waals surface area contributed by atoms with Gasteiger partial charge in [-0.15, -0.1) is 20.5 Å². The maximum absolute atomic E-state index is 12.9. The normalized spacial score (nSPS) is 51.2. The van der Waals surface area contributed by atoms with Crippen LogP contribution < -0.4 is 37.3 Å². The van der Waals surface area contributed by atoms with Crippen LogP contribution >= 0.6 is 30.4 Å². The molecule has 67 heavy (non-hydrogen) atoms. The minimum absolute atomic E-state index is 0. The van der Waals surface area contributed by atoms with Gasteiger partial charge < -0.3 is 0 Å². The third-order valence-corrected chi connectivity index (χ3v) is 28.7. The van der Waals surface area contributed by atoms with E-state index in [4.69, 9.17) is 37.3 Å². The number of halogens is 2. The van der Waals surface area contributed by atoms with Gasteiger partial charge in [0.25, 0.3) is 30.4 Å². The maximum atomic E-state index is 12.9. The van der Waals surface area contributed by atoms with E-state index in [1.54, 1.807) is 0 Å². The standard InChI is InChI=1S/4C9H18N3OP.2ClHO4.Cu/c4*1-7-4-10(7)14(13,11-5-8(11)2)12-6-9(12)3;2*2-1(3,4)5;/h4*7-9H,4-6H2,1-3H3;2*(H,2,3,4,5);/q;;;;;;+2/p-2. The van der Waals surface area contributed by atoms with E-state index in [2.05, 4.69) is 139 Å². The van der Waals surface area contributed by atoms with Crippen molar-refractivity contribution in [3.8, 4) is 0 Å². The first-order chi connectivity index (χ1) is 30.2. The van der Waals surface area contributed by atoms with Gasteiger partial charge in [0.15, 0.2) is 0 Å². The molecule has 12 fully saturated rings. The second-order valence-corrected chi connectivity index (χ2v) is 32.2. The van der Waals surface area contributed by atoms with Crippen LogP contribution in [0.15, 0.2) is 0 Å². The van der Waals surface area contributed by atoms with Crippen molar-refractivity contribution in [1.82, 2.24) is 56.0 Å². The summed E-state index contributed by atoms with van der Waals surface area (Å²) in [6.07, 6.45) is 0. The molecule has 12 aliphatic heterocycles. The van der Waals surface area contributed by atoms with Gasteiger partial charge in [-0.2, -0.15) is 0 Å². The van der Waals surface area contributed by atoms with Crippen molar-refractivity contribution in [3.05, 3.63) is 0 Å². The molecule has 1 radical (unpaired) electrons. The van der Waals surface area contributed by atoms with E-state index < -0.39 is 50.9 Å². The van der Waals surface area contributed by atoms with Gasteiger partial charge in [0.2, 0.25) is 0 Å². The molecule has 0 aromatic heterocycles. The van der Waals surface area contributed by atoms with Crippen molar-refractivity contribution >= 4 is 30.4 Å². The third kappa shape index (κ3) is 13.6. The van der Waals surface area contributed by atoms with Crippen LogP contribution in [0.3, 0.4) is 0 Å². The molecule has 0 aromatic rings. The molecule has 0 bridgehead atoms. The molecule has 0 saturated carbocycles. The molecule has 24 atom stereocenters. The van der Waals surface area contributed by atoms with Gasteiger partial charge >= 0.3 is 17.1 Å². The van der Waals surface area contributed by atoms with Crippen LogP contribution in [0.4, 0.5) is 0 Å². The van der Waals surface area contributed by atoms with Crippen LogP contribution in [-0.4, -0.2) is 207 Å². The Labute approximate surface area is 411 Å². The fourth-order valence-electron chi connectivity index (χ4n) is 8.81. The summed E-state index contributed by atoms with van der Waals surface area (Å²) < 4.78 is 146. The summed E-state index contributed by atoms with van der Waals surface area (Å²) in [7, 11) is -19.0. The minimum atomic E-state index is -4.94. The summed E-state index contributed by atoms with van der Waals surface area (Å²) in [5, 5.41) is 0. The Kier molecular flexibility index (Phi) is 17.2. The fourth-order valence-corrected chi connectivity index (χ4v) is 23.9. The van der Waals surface area contributed by atoms with Crippen LogP contribution in [0.1, 0.15) is 83.1 Å². The van der Waals surface area contributed by atoms with E-state index in [1.165, 1.54) is 0 Å². The van der Waals surface area contributed by atoms with Crippen molar-refractivity contribution in [1.29, 1.82) is 0 Å². The number of hydrogen-bond acceptors (Lipinski definition) is 12. The smallest absolute Gasteiger partial charge is 0.270 e. The molecular weight excluding hydrogens is 1050 g/mol. The van der Waals surface area contributed by atoms with Crippen LogP contribution in [0.25, 0.3) is 0 Å². The van der Waals surface area contributed by atoms with Gasteiger partial charge in [-0.05, 0) is 83.1 Å². The molecule has 24 unspecified atom stereocenters. The Morgan fingerprint density at radius 3 is 0.328 bits per heavy atom. The van der Waals surface area contributed by atoms with Gasteiger partial charge in [0.05, 0.1) is 0 Å². The van der Waals surface area contributed by atoms with E-state index in [9.17, 15) is 18.3 Å². The van der Waals surface area contributed by atoms with Gasteiger partial charge in [0.1, 0.15) is 0 Å². The molecule has 12 aliphatic rings. The van der Waals surface area contributed by atoms with Gasteiger partial charge in [0, 0.05) is 151 Å². The first-order valence-electron chi connectivity index (χ1n) is 23.1. The van der Waals surface area contributed by atoms with Crippen molar-refractivity contribution in [2.75, 3.05) is 78.5 Å². The van der Waals surface area contributed by atoms with Crippen LogP contribution in [0.2, 0.25) is 0 Å². The second kappa shape index (κ2) is 20.1. The molecule has 0 spiro atoms. The number of rotatable bonds is 12. The van der Waals surface area contributed by atoms with Crippen LogP contribution in [-0.2, 0) is 35.3 Å². The maximum Gasteiger partial charge on any atom is 2.00 e. The van der Waals surface area contributed by atoms with Gasteiger partial charge in [-0.1, -0.05) is 0 Å². The first kappa shape index (κ1) is 57.5. The molecule has 0 aromatic carbocycles. The Morgan fingerprint density at radius 1 is 0.254 bits per heavy atom. The second-order valence-electron chi connectivity index (χ2n) is 20.5. The zero-order valence-electron chi connectivity index (χ0n) is 40.5. The molecule has 393 valence electrons. The molecular formula is C36H72Cl2CuN12O12P4.